The molecule has 0 amide bonds. The van der Waals surface area contributed by atoms with Gasteiger partial charge in [-0.05, 0) is 35.7 Å². The van der Waals surface area contributed by atoms with E-state index in [1.807, 2.05) is 4.90 Å². The molecule has 1 heterocycles. The van der Waals surface area contributed by atoms with Gasteiger partial charge in [0.1, 0.15) is 13.1 Å². The van der Waals surface area contributed by atoms with E-state index in [4.69, 9.17) is 0 Å². The lowest BCUT2D eigenvalue weighted by Gasteiger charge is -2.56. The number of quaternary nitrogens is 2. The van der Waals surface area contributed by atoms with Gasteiger partial charge in [-0.25, -0.2) is 0 Å². The Morgan fingerprint density at radius 2 is 2.06 bits per heavy atom. The molecule has 1 saturated carbocycles. The minimum absolute atomic E-state index is 0.609. The summed E-state index contributed by atoms with van der Waals surface area (Å²) in [5.74, 6) is 1.90. The van der Waals surface area contributed by atoms with Gasteiger partial charge >= 0.3 is 0 Å². The zero-order chi connectivity index (χ0) is 12.8. The Morgan fingerprint density at radius 3 is 2.78 bits per heavy atom. The number of hydrogen-bond donors (Lipinski definition) is 2. The zero-order valence-electron chi connectivity index (χ0n) is 12.4. The highest BCUT2D eigenvalue weighted by molar-refractivity contribution is 5.23. The summed E-state index contributed by atoms with van der Waals surface area (Å²) in [4.78, 5) is 3.57. The molecule has 2 N–H and O–H groups in total. The van der Waals surface area contributed by atoms with Gasteiger partial charge in [0.15, 0.2) is 0 Å². The molecule has 4 rings (SSSR count). The van der Waals surface area contributed by atoms with Crippen molar-refractivity contribution in [1.29, 1.82) is 0 Å². The molecule has 1 saturated heterocycles. The van der Waals surface area contributed by atoms with E-state index in [2.05, 4.69) is 27.0 Å². The van der Waals surface area contributed by atoms with E-state index in [-0.39, 0.29) is 0 Å². The van der Waals surface area contributed by atoms with Gasteiger partial charge in [-0.1, -0.05) is 19.9 Å². The third-order valence-corrected chi connectivity index (χ3v) is 6.08. The lowest BCUT2D eigenvalue weighted by molar-refractivity contribution is -0.927. The van der Waals surface area contributed by atoms with Crippen LogP contribution in [0.3, 0.4) is 0 Å². The smallest absolute Gasteiger partial charge is 0.127 e. The summed E-state index contributed by atoms with van der Waals surface area (Å²) < 4.78 is 0. The number of hydrogen-bond acceptors (Lipinski definition) is 0. The molecule has 2 heteroatoms. The highest BCUT2D eigenvalue weighted by Crippen LogP contribution is 2.58. The van der Waals surface area contributed by atoms with Gasteiger partial charge in [-0.3, -0.25) is 0 Å². The van der Waals surface area contributed by atoms with Crippen molar-refractivity contribution in [1.82, 2.24) is 0 Å². The van der Waals surface area contributed by atoms with Gasteiger partial charge in [0.2, 0.25) is 0 Å². The van der Waals surface area contributed by atoms with Crippen molar-refractivity contribution in [3.63, 3.8) is 0 Å². The van der Waals surface area contributed by atoms with Gasteiger partial charge in [0.05, 0.1) is 26.7 Å². The molecule has 4 atom stereocenters. The fraction of sp³-hybridized carbons (Fsp3) is 0.875. The topological polar surface area (TPSA) is 8.88 Å². The van der Waals surface area contributed by atoms with Crippen LogP contribution < -0.4 is 9.80 Å². The fourth-order valence-corrected chi connectivity index (χ4v) is 4.42. The maximum atomic E-state index is 2.60. The SMILES string of the molecule is C[NH+]1CCC[NH+](CC2=CC[C@H]3C[C@@H]2C3(C)C)CC1. The number of likely N-dealkylation sites (N-methyl/N-ethyl adjacent to an activating group) is 1. The molecule has 0 radical (unpaired) electrons. The number of fused-ring (bicyclic) bond motifs is 1. The van der Waals surface area contributed by atoms with Crippen LogP contribution in [0.5, 0.6) is 0 Å². The van der Waals surface area contributed by atoms with Crippen LogP contribution in [0.25, 0.3) is 0 Å². The van der Waals surface area contributed by atoms with E-state index in [9.17, 15) is 0 Å². The van der Waals surface area contributed by atoms with E-state index in [1.165, 1.54) is 52.0 Å². The number of allylic oxidation sites excluding steroid dienone is 1. The summed E-state index contributed by atoms with van der Waals surface area (Å²) in [6.45, 7) is 11.8. The molecule has 2 unspecified atom stereocenters. The Labute approximate surface area is 112 Å². The monoisotopic (exact) mass is 250 g/mol. The largest absolute Gasteiger partial charge is 0.333 e. The molecule has 0 aromatic rings. The van der Waals surface area contributed by atoms with Crippen molar-refractivity contribution >= 4 is 0 Å². The normalized spacial score (nSPS) is 42.7. The minimum atomic E-state index is 0.609. The highest BCUT2D eigenvalue weighted by atomic mass is 15.2. The second kappa shape index (κ2) is 4.64. The molecule has 0 spiro atoms. The molecule has 18 heavy (non-hydrogen) atoms. The van der Waals surface area contributed by atoms with Crippen molar-refractivity contribution in [3.8, 4) is 0 Å². The third-order valence-electron chi connectivity index (χ3n) is 6.08. The van der Waals surface area contributed by atoms with E-state index < -0.39 is 0 Å². The molecule has 2 bridgehead atoms. The molecule has 1 aliphatic heterocycles. The number of rotatable bonds is 2. The summed E-state index contributed by atoms with van der Waals surface area (Å²) in [7, 11) is 2.35. The van der Waals surface area contributed by atoms with E-state index >= 15 is 0 Å². The Morgan fingerprint density at radius 1 is 1.22 bits per heavy atom. The molecule has 0 aromatic carbocycles. The first kappa shape index (κ1) is 12.7. The maximum Gasteiger partial charge on any atom is 0.127 e. The molecular weight excluding hydrogens is 220 g/mol. The second-order valence-corrected chi connectivity index (χ2v) is 7.56. The Kier molecular flexibility index (Phi) is 3.27. The first-order valence-electron chi connectivity index (χ1n) is 7.91. The molecule has 0 aromatic heterocycles. The molecule has 2 nitrogen and oxygen atoms in total. The van der Waals surface area contributed by atoms with Gasteiger partial charge in [-0.15, -0.1) is 0 Å². The predicted octanol–water partition coefficient (Wildman–Crippen LogP) is -0.218. The van der Waals surface area contributed by atoms with Crippen molar-refractivity contribution in [3.05, 3.63) is 11.6 Å². The third kappa shape index (κ3) is 2.14. The second-order valence-electron chi connectivity index (χ2n) is 7.56. The van der Waals surface area contributed by atoms with Gasteiger partial charge in [0.25, 0.3) is 0 Å². The van der Waals surface area contributed by atoms with Gasteiger partial charge < -0.3 is 9.80 Å². The van der Waals surface area contributed by atoms with Crippen LogP contribution in [-0.4, -0.2) is 39.8 Å². The standard InChI is InChI=1S/C16H28N2/c1-16(2)14-6-5-13(15(16)11-14)12-18-8-4-7-17(3)9-10-18/h5,14-15H,4,6-12H2,1-3H3/p+2/t14-,15-/m0/s1. The molecular formula is C16H30N2+2. The van der Waals surface area contributed by atoms with E-state index in [1.54, 1.807) is 10.5 Å². The average Bonchev–Trinajstić information content (AvgIpc) is 2.54. The summed E-state index contributed by atoms with van der Waals surface area (Å²) in [5, 5.41) is 0. The average molecular weight is 250 g/mol. The van der Waals surface area contributed by atoms with Crippen molar-refractivity contribution < 1.29 is 9.80 Å². The zero-order valence-corrected chi connectivity index (χ0v) is 12.4. The maximum absolute atomic E-state index is 2.60. The molecule has 2 fully saturated rings. The van der Waals surface area contributed by atoms with Crippen LogP contribution >= 0.6 is 0 Å². The first-order valence-corrected chi connectivity index (χ1v) is 7.91. The summed E-state index contributed by atoms with van der Waals surface area (Å²) in [5.41, 5.74) is 2.41. The Hall–Kier alpha value is -0.340. The van der Waals surface area contributed by atoms with E-state index in [0.717, 1.165) is 11.8 Å². The van der Waals surface area contributed by atoms with Crippen LogP contribution in [-0.2, 0) is 0 Å². The predicted molar refractivity (Wildman–Crippen MR) is 74.9 cm³/mol. The first-order chi connectivity index (χ1) is 8.57. The van der Waals surface area contributed by atoms with Crippen LogP contribution in [0.1, 0.15) is 33.1 Å². The Bertz CT molecular complexity index is 345. The lowest BCUT2D eigenvalue weighted by Crippen LogP contribution is -3.16. The quantitative estimate of drug-likeness (QED) is 0.627. The summed E-state index contributed by atoms with van der Waals surface area (Å²) in [6.07, 6.45) is 6.85. The highest BCUT2D eigenvalue weighted by Gasteiger charge is 2.51. The minimum Gasteiger partial charge on any atom is -0.333 e. The van der Waals surface area contributed by atoms with Crippen molar-refractivity contribution in [2.45, 2.75) is 33.1 Å². The summed E-state index contributed by atoms with van der Waals surface area (Å²) in [6, 6.07) is 0. The Balaban J connectivity index is 1.61. The van der Waals surface area contributed by atoms with Gasteiger partial charge in [0, 0.05) is 6.42 Å². The summed E-state index contributed by atoms with van der Waals surface area (Å²) >= 11 is 0. The van der Waals surface area contributed by atoms with Crippen molar-refractivity contribution in [2.24, 2.45) is 17.3 Å². The van der Waals surface area contributed by atoms with Crippen LogP contribution in [0, 0.1) is 17.3 Å². The van der Waals surface area contributed by atoms with Crippen molar-refractivity contribution in [2.75, 3.05) is 39.8 Å². The molecule has 3 aliphatic carbocycles. The van der Waals surface area contributed by atoms with E-state index in [0.29, 0.717) is 5.41 Å². The van der Waals surface area contributed by atoms with Crippen LogP contribution in [0.4, 0.5) is 0 Å². The lowest BCUT2D eigenvalue weighted by atomic mass is 9.49. The number of nitrogens with one attached hydrogen (secondary N) is 2. The molecule has 102 valence electrons. The molecule has 4 aliphatic rings. The van der Waals surface area contributed by atoms with Crippen LogP contribution in [0.2, 0.25) is 0 Å². The van der Waals surface area contributed by atoms with Gasteiger partial charge in [-0.2, -0.15) is 0 Å². The fourth-order valence-electron chi connectivity index (χ4n) is 4.42. The van der Waals surface area contributed by atoms with Crippen LogP contribution in [0.15, 0.2) is 11.6 Å².